The van der Waals surface area contributed by atoms with Gasteiger partial charge < -0.3 is 21.1 Å². The van der Waals surface area contributed by atoms with Crippen molar-refractivity contribution in [3.8, 4) is 5.75 Å². The Labute approximate surface area is 157 Å². The van der Waals surface area contributed by atoms with Gasteiger partial charge >= 0.3 is 0 Å². The van der Waals surface area contributed by atoms with Gasteiger partial charge in [0.2, 0.25) is 5.90 Å². The lowest BCUT2D eigenvalue weighted by molar-refractivity contribution is 0.363. The van der Waals surface area contributed by atoms with Gasteiger partial charge in [-0.2, -0.15) is 0 Å². The molecule has 0 atom stereocenters. The number of nitrogens with zero attached hydrogens (tertiary/aromatic N) is 4. The minimum atomic E-state index is -0.220. The van der Waals surface area contributed by atoms with Gasteiger partial charge in [-0.25, -0.2) is 9.97 Å². The fourth-order valence-corrected chi connectivity index (χ4v) is 2.86. The zero-order valence-electron chi connectivity index (χ0n) is 14.8. The van der Waals surface area contributed by atoms with Crippen molar-refractivity contribution in [3.63, 3.8) is 0 Å². The number of hydrogen-bond donors (Lipinski definition) is 3. The van der Waals surface area contributed by atoms with Crippen molar-refractivity contribution in [1.29, 1.82) is 5.41 Å². The van der Waals surface area contributed by atoms with Crippen molar-refractivity contribution in [2.75, 3.05) is 23.7 Å². The molecule has 0 aliphatic carbocycles. The number of rotatable bonds is 3. The summed E-state index contributed by atoms with van der Waals surface area (Å²) in [6.07, 6.45) is 4.81. The van der Waals surface area contributed by atoms with E-state index in [9.17, 15) is 0 Å². The van der Waals surface area contributed by atoms with E-state index >= 15 is 0 Å². The monoisotopic (exact) mass is 375 g/mol. The highest BCUT2D eigenvalue weighted by Gasteiger charge is 2.27. The first-order valence-corrected chi connectivity index (χ1v) is 8.68. The number of ether oxygens (including phenoxy) is 1. The number of aryl methyl sites for hydroxylation is 1. The number of aromatic nitrogens is 3. The van der Waals surface area contributed by atoms with Gasteiger partial charge in [0.25, 0.3) is 0 Å². The molecule has 0 spiro atoms. The van der Waals surface area contributed by atoms with E-state index in [1.807, 2.05) is 0 Å². The molecule has 8 nitrogen and oxygen atoms in total. The molecule has 26 heavy (non-hydrogen) atoms. The first-order valence-electron chi connectivity index (χ1n) is 8.30. The summed E-state index contributed by atoms with van der Waals surface area (Å²) in [5, 5.41) is 8.44. The lowest BCUT2D eigenvalue weighted by atomic mass is 9.91. The van der Waals surface area contributed by atoms with E-state index in [2.05, 4.69) is 26.8 Å². The number of piperidine rings is 1. The fourth-order valence-electron chi connectivity index (χ4n) is 2.72. The Morgan fingerprint density at radius 1 is 1.31 bits per heavy atom. The van der Waals surface area contributed by atoms with Crippen LogP contribution in [0, 0.1) is 12.3 Å². The molecule has 1 aliphatic heterocycles. The maximum absolute atomic E-state index is 8.13. The summed E-state index contributed by atoms with van der Waals surface area (Å²) in [5.74, 6) is 0.915. The average Bonchev–Trinajstić information content (AvgIpc) is 2.58. The molecule has 1 fully saturated rings. The molecule has 2 aromatic heterocycles. The largest absolute Gasteiger partial charge is 0.436 e. The van der Waals surface area contributed by atoms with Gasteiger partial charge in [-0.15, -0.1) is 0 Å². The Hall–Kier alpha value is -2.45. The van der Waals surface area contributed by atoms with Crippen LogP contribution in [-0.4, -0.2) is 39.5 Å². The molecule has 0 radical (unpaired) electrons. The van der Waals surface area contributed by atoms with Crippen molar-refractivity contribution in [2.45, 2.75) is 32.2 Å². The average molecular weight is 376 g/mol. The Balaban J connectivity index is 1.75. The van der Waals surface area contributed by atoms with E-state index in [0.29, 0.717) is 16.6 Å². The quantitative estimate of drug-likeness (QED) is 0.553. The van der Waals surface area contributed by atoms with Crippen LogP contribution in [0.5, 0.6) is 5.75 Å². The molecule has 0 unspecified atom stereocenters. The topological polar surface area (TPSA) is 127 Å². The van der Waals surface area contributed by atoms with Crippen molar-refractivity contribution >= 4 is 29.1 Å². The number of nitrogen functional groups attached to an aromatic ring is 1. The van der Waals surface area contributed by atoms with Crippen LogP contribution in [0.3, 0.4) is 0 Å². The van der Waals surface area contributed by atoms with E-state index in [1.54, 1.807) is 19.2 Å². The van der Waals surface area contributed by atoms with Crippen LogP contribution in [0.4, 0.5) is 11.6 Å². The van der Waals surface area contributed by atoms with Crippen LogP contribution >= 0.6 is 11.6 Å². The number of halogens is 1. The number of pyridine rings is 1. The smallest absolute Gasteiger partial charge is 0.241 e. The third-order valence-corrected chi connectivity index (χ3v) is 4.68. The van der Waals surface area contributed by atoms with Crippen molar-refractivity contribution in [2.24, 2.45) is 5.73 Å². The molecule has 3 heterocycles. The van der Waals surface area contributed by atoms with Crippen LogP contribution in [0.15, 0.2) is 18.5 Å². The molecule has 3 rings (SSSR count). The normalized spacial score (nSPS) is 16.4. The highest BCUT2D eigenvalue weighted by Crippen LogP contribution is 2.26. The van der Waals surface area contributed by atoms with E-state index in [0.717, 1.165) is 31.6 Å². The van der Waals surface area contributed by atoms with E-state index in [-0.39, 0.29) is 22.9 Å². The highest BCUT2D eigenvalue weighted by atomic mass is 35.5. The predicted molar refractivity (Wildman–Crippen MR) is 102 cm³/mol. The van der Waals surface area contributed by atoms with Gasteiger partial charge in [0.05, 0.1) is 6.20 Å². The van der Waals surface area contributed by atoms with Gasteiger partial charge in [-0.1, -0.05) is 11.6 Å². The maximum atomic E-state index is 8.13. The van der Waals surface area contributed by atoms with E-state index in [1.165, 1.54) is 6.20 Å². The second-order valence-electron chi connectivity index (χ2n) is 6.79. The van der Waals surface area contributed by atoms with Crippen LogP contribution in [0.2, 0.25) is 5.02 Å². The lowest BCUT2D eigenvalue weighted by Gasteiger charge is -2.37. The van der Waals surface area contributed by atoms with Crippen molar-refractivity contribution < 1.29 is 4.74 Å². The zero-order chi connectivity index (χ0) is 18.9. The van der Waals surface area contributed by atoms with Crippen molar-refractivity contribution in [3.05, 3.63) is 34.9 Å². The van der Waals surface area contributed by atoms with Crippen LogP contribution in [0.25, 0.3) is 0 Å². The fraction of sp³-hybridized carbons (Fsp3) is 0.412. The summed E-state index contributed by atoms with van der Waals surface area (Å²) >= 11 is 6.05. The first kappa shape index (κ1) is 18.3. The Kier molecular flexibility index (Phi) is 4.97. The molecule has 0 saturated carbocycles. The number of anilines is 2. The Morgan fingerprint density at radius 3 is 2.65 bits per heavy atom. The van der Waals surface area contributed by atoms with Gasteiger partial charge in [-0.3, -0.25) is 10.4 Å². The standard InChI is InChI=1S/C17H22ClN7O/c1-10-7-12(11(18)8-22-10)26-16(20)14-15(19)24-13(9-23-14)25-5-3-17(2,21)4-6-25/h7-9,20H,3-6,21H2,1-2H3,(H2,19,24). The van der Waals surface area contributed by atoms with Crippen molar-refractivity contribution in [1.82, 2.24) is 15.0 Å². The molecule has 138 valence electrons. The third kappa shape index (κ3) is 4.03. The summed E-state index contributed by atoms with van der Waals surface area (Å²) < 4.78 is 5.50. The third-order valence-electron chi connectivity index (χ3n) is 4.40. The summed E-state index contributed by atoms with van der Waals surface area (Å²) in [6.45, 7) is 5.44. The minimum absolute atomic E-state index is 0.135. The lowest BCUT2D eigenvalue weighted by Crippen LogP contribution is -2.48. The minimum Gasteiger partial charge on any atom is -0.436 e. The first-order chi connectivity index (χ1) is 12.2. The van der Waals surface area contributed by atoms with Gasteiger partial charge in [-0.05, 0) is 26.7 Å². The molecular formula is C17H22ClN7O. The molecule has 2 aromatic rings. The molecule has 9 heteroatoms. The Morgan fingerprint density at radius 2 is 2.00 bits per heavy atom. The van der Waals surface area contributed by atoms with E-state index < -0.39 is 0 Å². The molecule has 1 saturated heterocycles. The Bertz CT molecular complexity index is 830. The molecule has 5 N–H and O–H groups in total. The number of nitrogens with two attached hydrogens (primary N) is 2. The van der Waals surface area contributed by atoms with E-state index in [4.69, 9.17) is 33.2 Å². The summed E-state index contributed by atoms with van der Waals surface area (Å²) in [5.41, 5.74) is 12.9. The summed E-state index contributed by atoms with van der Waals surface area (Å²) in [6, 6.07) is 1.65. The second-order valence-corrected chi connectivity index (χ2v) is 7.20. The molecule has 0 bridgehead atoms. The molecule has 0 aromatic carbocycles. The second kappa shape index (κ2) is 7.05. The molecule has 1 aliphatic rings. The zero-order valence-corrected chi connectivity index (χ0v) is 15.5. The molecular weight excluding hydrogens is 354 g/mol. The van der Waals surface area contributed by atoms with Gasteiger partial charge in [0, 0.05) is 36.6 Å². The van der Waals surface area contributed by atoms with Crippen LogP contribution in [-0.2, 0) is 0 Å². The van der Waals surface area contributed by atoms with Gasteiger partial charge in [0.15, 0.2) is 17.3 Å². The molecule has 0 amide bonds. The van der Waals surface area contributed by atoms with Gasteiger partial charge in [0.1, 0.15) is 10.8 Å². The van der Waals surface area contributed by atoms with Crippen LogP contribution in [0.1, 0.15) is 31.2 Å². The summed E-state index contributed by atoms with van der Waals surface area (Å²) in [7, 11) is 0. The summed E-state index contributed by atoms with van der Waals surface area (Å²) in [4.78, 5) is 14.8. The highest BCUT2D eigenvalue weighted by molar-refractivity contribution is 6.32. The maximum Gasteiger partial charge on any atom is 0.241 e. The number of hydrogen-bond acceptors (Lipinski definition) is 8. The number of nitrogens with one attached hydrogen (secondary N) is 1. The predicted octanol–water partition coefficient (Wildman–Crippen LogP) is 2.14. The van der Waals surface area contributed by atoms with Crippen LogP contribution < -0.4 is 21.1 Å². The SMILES string of the molecule is Cc1cc(OC(=N)c2ncc(N3CCC(C)(N)CC3)nc2N)c(Cl)cn1.